The third kappa shape index (κ3) is 3.37. The van der Waals surface area contributed by atoms with Crippen molar-refractivity contribution < 1.29 is 14.6 Å². The van der Waals surface area contributed by atoms with Gasteiger partial charge in [0.1, 0.15) is 0 Å². The van der Waals surface area contributed by atoms with E-state index in [1.165, 1.54) is 12.8 Å². The van der Waals surface area contributed by atoms with E-state index in [4.69, 9.17) is 21.1 Å². The third-order valence-electron chi connectivity index (χ3n) is 3.89. The molecule has 0 aliphatic carbocycles. The fraction of sp³-hybridized carbons (Fsp3) is 0.600. The molecule has 0 unspecified atom stereocenters. The lowest BCUT2D eigenvalue weighted by Gasteiger charge is -2.34. The second-order valence-corrected chi connectivity index (χ2v) is 5.51. The van der Waals surface area contributed by atoms with Crippen molar-refractivity contribution in [3.8, 4) is 11.5 Å². The Balaban J connectivity index is 2.19. The monoisotopic (exact) mass is 299 g/mol. The highest BCUT2D eigenvalue weighted by Crippen LogP contribution is 2.34. The molecule has 1 N–H and O–H groups in total. The summed E-state index contributed by atoms with van der Waals surface area (Å²) in [6.45, 7) is 1.92. The van der Waals surface area contributed by atoms with E-state index in [-0.39, 0.29) is 12.6 Å². The summed E-state index contributed by atoms with van der Waals surface area (Å²) in [4.78, 5) is 2.29. The number of likely N-dealkylation sites (tertiary alicyclic amines) is 1. The van der Waals surface area contributed by atoms with Crippen molar-refractivity contribution in [3.63, 3.8) is 0 Å². The van der Waals surface area contributed by atoms with Crippen LogP contribution in [0.4, 0.5) is 0 Å². The Hall–Kier alpha value is -0.970. The van der Waals surface area contributed by atoms with Crippen LogP contribution in [-0.2, 0) is 6.54 Å². The highest BCUT2D eigenvalue weighted by molar-refractivity contribution is 6.31. The lowest BCUT2D eigenvalue weighted by Crippen LogP contribution is -2.41. The van der Waals surface area contributed by atoms with Gasteiger partial charge in [0.2, 0.25) is 0 Å². The molecule has 1 fully saturated rings. The Morgan fingerprint density at radius 3 is 2.60 bits per heavy atom. The highest BCUT2D eigenvalue weighted by Gasteiger charge is 2.23. The van der Waals surface area contributed by atoms with Gasteiger partial charge in [0.05, 0.1) is 20.8 Å². The maximum atomic E-state index is 9.47. The maximum Gasteiger partial charge on any atom is 0.162 e. The largest absolute Gasteiger partial charge is 0.493 e. The van der Waals surface area contributed by atoms with Crippen LogP contribution >= 0.6 is 11.6 Å². The van der Waals surface area contributed by atoms with Gasteiger partial charge in [-0.15, -0.1) is 0 Å². The molecule has 4 nitrogen and oxygen atoms in total. The molecule has 0 saturated carbocycles. The van der Waals surface area contributed by atoms with Crippen LogP contribution in [0.2, 0.25) is 5.02 Å². The molecule has 112 valence electrons. The number of benzene rings is 1. The van der Waals surface area contributed by atoms with Crippen molar-refractivity contribution in [3.05, 3.63) is 22.7 Å². The first-order chi connectivity index (χ1) is 9.69. The molecule has 1 aliphatic rings. The van der Waals surface area contributed by atoms with Gasteiger partial charge in [0.25, 0.3) is 0 Å². The standard InChI is InChI=1S/C15H22ClNO3/c1-19-14-7-11(13(16)8-15(14)20-2)9-17-6-4-3-5-12(17)10-18/h7-8,12,18H,3-6,9-10H2,1-2H3/t12-/m1/s1. The summed E-state index contributed by atoms with van der Waals surface area (Å²) >= 11 is 6.32. The highest BCUT2D eigenvalue weighted by atomic mass is 35.5. The van der Waals surface area contributed by atoms with Crippen LogP contribution < -0.4 is 9.47 Å². The molecule has 2 rings (SSSR count). The van der Waals surface area contributed by atoms with Crippen LogP contribution in [0, 0.1) is 0 Å². The van der Waals surface area contributed by atoms with Gasteiger partial charge < -0.3 is 14.6 Å². The Morgan fingerprint density at radius 1 is 1.25 bits per heavy atom. The Labute approximate surface area is 125 Å². The van der Waals surface area contributed by atoms with E-state index >= 15 is 0 Å². The fourth-order valence-electron chi connectivity index (χ4n) is 2.71. The second kappa shape index (κ2) is 7.16. The Bertz CT molecular complexity index is 453. The number of halogens is 1. The minimum absolute atomic E-state index is 0.199. The lowest BCUT2D eigenvalue weighted by molar-refractivity contribution is 0.0841. The SMILES string of the molecule is COc1cc(Cl)c(CN2CCCC[C@@H]2CO)cc1OC. The van der Waals surface area contributed by atoms with E-state index in [2.05, 4.69) is 4.90 Å². The van der Waals surface area contributed by atoms with E-state index < -0.39 is 0 Å². The first-order valence-electron chi connectivity index (χ1n) is 6.95. The van der Waals surface area contributed by atoms with E-state index in [1.54, 1.807) is 20.3 Å². The molecule has 1 saturated heterocycles. The van der Waals surface area contributed by atoms with Crippen molar-refractivity contribution in [1.29, 1.82) is 0 Å². The molecule has 1 heterocycles. The topological polar surface area (TPSA) is 41.9 Å². The quantitative estimate of drug-likeness (QED) is 0.908. The smallest absolute Gasteiger partial charge is 0.162 e. The predicted octanol–water partition coefficient (Wildman–Crippen LogP) is 2.70. The van der Waals surface area contributed by atoms with Gasteiger partial charge in [-0.25, -0.2) is 0 Å². The zero-order chi connectivity index (χ0) is 14.5. The van der Waals surface area contributed by atoms with Gasteiger partial charge in [-0.2, -0.15) is 0 Å². The number of hydrogen-bond acceptors (Lipinski definition) is 4. The number of piperidine rings is 1. The molecule has 1 aromatic rings. The number of ether oxygens (including phenoxy) is 2. The van der Waals surface area contributed by atoms with E-state index in [1.807, 2.05) is 6.07 Å². The van der Waals surface area contributed by atoms with Crippen molar-refractivity contribution in [2.75, 3.05) is 27.4 Å². The number of rotatable bonds is 5. The minimum Gasteiger partial charge on any atom is -0.493 e. The van der Waals surface area contributed by atoms with Crippen LogP contribution in [0.25, 0.3) is 0 Å². The van der Waals surface area contributed by atoms with Crippen molar-refractivity contribution in [2.45, 2.75) is 31.8 Å². The number of aliphatic hydroxyl groups excluding tert-OH is 1. The van der Waals surface area contributed by atoms with Crippen LogP contribution in [-0.4, -0.2) is 43.4 Å². The number of aliphatic hydroxyl groups is 1. The van der Waals surface area contributed by atoms with Crippen LogP contribution in [0.3, 0.4) is 0 Å². The molecule has 1 aliphatic heterocycles. The summed E-state index contributed by atoms with van der Waals surface area (Å²) in [5, 5.41) is 10.1. The summed E-state index contributed by atoms with van der Waals surface area (Å²) in [5.41, 5.74) is 1.00. The molecule has 0 radical (unpaired) electrons. The molecule has 5 heteroatoms. The maximum absolute atomic E-state index is 9.47. The van der Waals surface area contributed by atoms with Gasteiger partial charge >= 0.3 is 0 Å². The summed E-state index contributed by atoms with van der Waals surface area (Å²) in [6, 6.07) is 3.94. The summed E-state index contributed by atoms with van der Waals surface area (Å²) in [7, 11) is 3.22. The molecule has 0 aromatic heterocycles. The van der Waals surface area contributed by atoms with E-state index in [0.717, 1.165) is 25.1 Å². The number of hydrogen-bond donors (Lipinski definition) is 1. The molecule has 0 amide bonds. The second-order valence-electron chi connectivity index (χ2n) is 5.10. The van der Waals surface area contributed by atoms with Gasteiger partial charge in [0.15, 0.2) is 11.5 Å². The van der Waals surface area contributed by atoms with Crippen molar-refractivity contribution >= 4 is 11.6 Å². The van der Waals surface area contributed by atoms with Gasteiger partial charge in [-0.1, -0.05) is 18.0 Å². The molecular formula is C15H22ClNO3. The van der Waals surface area contributed by atoms with E-state index in [0.29, 0.717) is 16.5 Å². The zero-order valence-electron chi connectivity index (χ0n) is 12.1. The number of nitrogens with zero attached hydrogens (tertiary/aromatic N) is 1. The lowest BCUT2D eigenvalue weighted by atomic mass is 10.0. The molecule has 0 spiro atoms. The first kappa shape index (κ1) is 15.4. The Kier molecular flexibility index (Phi) is 5.52. The molecule has 0 bridgehead atoms. The van der Waals surface area contributed by atoms with E-state index in [9.17, 15) is 5.11 Å². The average molecular weight is 300 g/mol. The summed E-state index contributed by atoms with van der Waals surface area (Å²) in [5.74, 6) is 1.32. The predicted molar refractivity (Wildman–Crippen MR) is 79.7 cm³/mol. The fourth-order valence-corrected chi connectivity index (χ4v) is 2.92. The van der Waals surface area contributed by atoms with Gasteiger partial charge in [0, 0.05) is 23.7 Å². The third-order valence-corrected chi connectivity index (χ3v) is 4.24. The normalized spacial score (nSPS) is 19.9. The van der Waals surface area contributed by atoms with Crippen LogP contribution in [0.15, 0.2) is 12.1 Å². The molecular weight excluding hydrogens is 278 g/mol. The molecule has 1 atom stereocenters. The zero-order valence-corrected chi connectivity index (χ0v) is 12.8. The first-order valence-corrected chi connectivity index (χ1v) is 7.32. The average Bonchev–Trinajstić information content (AvgIpc) is 2.49. The Morgan fingerprint density at radius 2 is 1.95 bits per heavy atom. The summed E-state index contributed by atoms with van der Waals surface area (Å²) in [6.07, 6.45) is 3.39. The van der Waals surface area contributed by atoms with Crippen LogP contribution in [0.5, 0.6) is 11.5 Å². The molecule has 1 aromatic carbocycles. The van der Waals surface area contributed by atoms with Gasteiger partial charge in [-0.05, 0) is 31.0 Å². The molecule has 20 heavy (non-hydrogen) atoms. The van der Waals surface area contributed by atoms with Crippen molar-refractivity contribution in [2.24, 2.45) is 0 Å². The number of methoxy groups -OCH3 is 2. The van der Waals surface area contributed by atoms with Crippen molar-refractivity contribution in [1.82, 2.24) is 4.90 Å². The van der Waals surface area contributed by atoms with Gasteiger partial charge in [-0.3, -0.25) is 4.90 Å². The van der Waals surface area contributed by atoms with Crippen LogP contribution in [0.1, 0.15) is 24.8 Å². The summed E-state index contributed by atoms with van der Waals surface area (Å²) < 4.78 is 10.6. The minimum atomic E-state index is 0.199.